The fourth-order valence-electron chi connectivity index (χ4n) is 4.25. The number of halogens is 2. The highest BCUT2D eigenvalue weighted by Gasteiger charge is 2.26. The van der Waals surface area contributed by atoms with Crippen LogP contribution in [-0.2, 0) is 17.9 Å². The van der Waals surface area contributed by atoms with Gasteiger partial charge in [-0.1, -0.05) is 40.5 Å². The van der Waals surface area contributed by atoms with Crippen LogP contribution >= 0.6 is 23.2 Å². The highest BCUT2D eigenvalue weighted by Crippen LogP contribution is 2.37. The highest BCUT2D eigenvalue weighted by atomic mass is 35.5. The van der Waals surface area contributed by atoms with Crippen molar-refractivity contribution in [3.63, 3.8) is 0 Å². The predicted octanol–water partition coefficient (Wildman–Crippen LogP) is 6.28. The SMILES string of the molecule is CCOCc1nnn(Cc2ccc(OC)cc2)c1OC1CCC(c2cc(Cl)cc(Cl)c2)CC1. The molecule has 1 heterocycles. The van der Waals surface area contributed by atoms with Crippen molar-refractivity contribution in [2.24, 2.45) is 0 Å². The molecule has 6 nitrogen and oxygen atoms in total. The average Bonchev–Trinajstić information content (AvgIpc) is 3.19. The van der Waals surface area contributed by atoms with E-state index in [1.54, 1.807) is 13.2 Å². The number of methoxy groups -OCH3 is 1. The summed E-state index contributed by atoms with van der Waals surface area (Å²) in [5, 5.41) is 10.1. The molecule has 0 radical (unpaired) electrons. The molecule has 0 amide bonds. The van der Waals surface area contributed by atoms with Crippen molar-refractivity contribution in [2.75, 3.05) is 13.7 Å². The molecule has 2 aromatic carbocycles. The first kappa shape index (κ1) is 23.9. The molecule has 0 saturated heterocycles. The molecule has 0 aliphatic heterocycles. The maximum atomic E-state index is 6.48. The van der Waals surface area contributed by atoms with E-state index in [0.717, 1.165) is 42.7 Å². The van der Waals surface area contributed by atoms with Crippen molar-refractivity contribution < 1.29 is 14.2 Å². The first-order chi connectivity index (χ1) is 16.1. The van der Waals surface area contributed by atoms with Gasteiger partial charge in [0.2, 0.25) is 5.88 Å². The van der Waals surface area contributed by atoms with Gasteiger partial charge in [0.15, 0.2) is 5.69 Å². The fraction of sp³-hybridized carbons (Fsp3) is 0.440. The number of benzene rings is 2. The van der Waals surface area contributed by atoms with Gasteiger partial charge >= 0.3 is 0 Å². The summed E-state index contributed by atoms with van der Waals surface area (Å²) in [5.74, 6) is 1.95. The van der Waals surface area contributed by atoms with Gasteiger partial charge in [0.1, 0.15) is 11.9 Å². The van der Waals surface area contributed by atoms with Crippen LogP contribution in [0.1, 0.15) is 55.3 Å². The second-order valence-corrected chi connectivity index (χ2v) is 9.15. The highest BCUT2D eigenvalue weighted by molar-refractivity contribution is 6.34. The Kier molecular flexibility index (Phi) is 8.12. The van der Waals surface area contributed by atoms with Gasteiger partial charge in [-0.3, -0.25) is 0 Å². The first-order valence-electron chi connectivity index (χ1n) is 11.3. The van der Waals surface area contributed by atoms with Gasteiger partial charge in [0, 0.05) is 16.7 Å². The molecule has 8 heteroatoms. The molecule has 0 N–H and O–H groups in total. The summed E-state index contributed by atoms with van der Waals surface area (Å²) in [5.41, 5.74) is 3.03. The largest absolute Gasteiger partial charge is 0.497 e. The minimum atomic E-state index is 0.101. The molecular formula is C25H29Cl2N3O3. The minimum absolute atomic E-state index is 0.101. The molecule has 1 aromatic heterocycles. The average molecular weight is 490 g/mol. The molecule has 0 spiro atoms. The van der Waals surface area contributed by atoms with Gasteiger partial charge in [-0.25, -0.2) is 4.68 Å². The smallest absolute Gasteiger partial charge is 0.238 e. The van der Waals surface area contributed by atoms with Crippen molar-refractivity contribution >= 4 is 23.2 Å². The van der Waals surface area contributed by atoms with E-state index >= 15 is 0 Å². The van der Waals surface area contributed by atoms with Crippen molar-refractivity contribution in [1.29, 1.82) is 0 Å². The molecule has 1 fully saturated rings. The Morgan fingerprint density at radius 2 is 1.70 bits per heavy atom. The van der Waals surface area contributed by atoms with Crippen LogP contribution in [0.25, 0.3) is 0 Å². The third-order valence-electron chi connectivity index (χ3n) is 6.00. The number of aromatic nitrogens is 3. The maximum Gasteiger partial charge on any atom is 0.238 e. The van der Waals surface area contributed by atoms with Crippen LogP contribution in [0.5, 0.6) is 11.6 Å². The summed E-state index contributed by atoms with van der Waals surface area (Å²) in [6.07, 6.45) is 4.02. The van der Waals surface area contributed by atoms with Crippen LogP contribution < -0.4 is 9.47 Å². The maximum absolute atomic E-state index is 6.48. The van der Waals surface area contributed by atoms with E-state index in [0.29, 0.717) is 41.6 Å². The van der Waals surface area contributed by atoms with E-state index in [4.69, 9.17) is 37.4 Å². The first-order valence-corrected chi connectivity index (χ1v) is 12.1. The molecule has 0 unspecified atom stereocenters. The molecule has 33 heavy (non-hydrogen) atoms. The molecule has 176 valence electrons. The van der Waals surface area contributed by atoms with Crippen molar-refractivity contribution in [2.45, 2.75) is 57.8 Å². The lowest BCUT2D eigenvalue weighted by molar-refractivity contribution is 0.111. The van der Waals surface area contributed by atoms with Gasteiger partial charge in [-0.05, 0) is 80.0 Å². The number of hydrogen-bond donors (Lipinski definition) is 0. The standard InChI is InChI=1S/C25H29Cl2N3O3/c1-3-32-16-24-25(30(29-28-24)15-17-4-8-22(31-2)9-5-17)33-23-10-6-18(7-11-23)19-12-20(26)14-21(27)13-19/h4-5,8-9,12-14,18,23H,3,6-7,10-11,15-16H2,1-2H3. The van der Waals surface area contributed by atoms with Crippen LogP contribution in [0, 0.1) is 0 Å². The molecule has 1 saturated carbocycles. The molecule has 1 aliphatic rings. The zero-order chi connectivity index (χ0) is 23.2. The second kappa shape index (κ2) is 11.2. The minimum Gasteiger partial charge on any atom is -0.497 e. The van der Waals surface area contributed by atoms with Gasteiger partial charge < -0.3 is 14.2 Å². The molecule has 1 aliphatic carbocycles. The Morgan fingerprint density at radius 1 is 1.00 bits per heavy atom. The summed E-state index contributed by atoms with van der Waals surface area (Å²) >= 11 is 12.4. The number of nitrogens with zero attached hydrogens (tertiary/aromatic N) is 3. The lowest BCUT2D eigenvalue weighted by Crippen LogP contribution is -2.25. The van der Waals surface area contributed by atoms with Gasteiger partial charge in [-0.2, -0.15) is 0 Å². The van der Waals surface area contributed by atoms with Crippen molar-refractivity contribution in [3.8, 4) is 11.6 Å². The summed E-state index contributed by atoms with van der Waals surface area (Å²) in [4.78, 5) is 0. The third kappa shape index (κ3) is 6.19. The van der Waals surface area contributed by atoms with E-state index in [1.165, 1.54) is 5.56 Å². The number of hydrogen-bond acceptors (Lipinski definition) is 5. The summed E-state index contributed by atoms with van der Waals surface area (Å²) in [6, 6.07) is 13.7. The van der Waals surface area contributed by atoms with E-state index in [2.05, 4.69) is 10.3 Å². The summed E-state index contributed by atoms with van der Waals surface area (Å²) in [7, 11) is 1.66. The van der Waals surface area contributed by atoms with Crippen LogP contribution in [0.3, 0.4) is 0 Å². The third-order valence-corrected chi connectivity index (χ3v) is 6.43. The van der Waals surface area contributed by atoms with E-state index < -0.39 is 0 Å². The lowest BCUT2D eigenvalue weighted by atomic mass is 9.83. The molecule has 4 rings (SSSR count). The van der Waals surface area contributed by atoms with E-state index in [-0.39, 0.29) is 6.10 Å². The Balaban J connectivity index is 1.45. The summed E-state index contributed by atoms with van der Waals surface area (Å²) < 4.78 is 19.2. The predicted molar refractivity (Wildman–Crippen MR) is 130 cm³/mol. The van der Waals surface area contributed by atoms with Crippen molar-refractivity contribution in [3.05, 3.63) is 69.3 Å². The quantitative estimate of drug-likeness (QED) is 0.353. The number of rotatable bonds is 9. The Labute approximate surface area is 204 Å². The Morgan fingerprint density at radius 3 is 2.33 bits per heavy atom. The zero-order valence-corrected chi connectivity index (χ0v) is 20.5. The normalized spacial score (nSPS) is 18.3. The van der Waals surface area contributed by atoms with Crippen LogP contribution in [0.2, 0.25) is 10.0 Å². The summed E-state index contributed by atoms with van der Waals surface area (Å²) in [6.45, 7) is 3.52. The Hall–Kier alpha value is -2.28. The van der Waals surface area contributed by atoms with Crippen LogP contribution in [-0.4, -0.2) is 34.8 Å². The number of ether oxygens (including phenoxy) is 3. The van der Waals surface area contributed by atoms with Crippen LogP contribution in [0.4, 0.5) is 0 Å². The zero-order valence-electron chi connectivity index (χ0n) is 19.0. The van der Waals surface area contributed by atoms with Crippen molar-refractivity contribution in [1.82, 2.24) is 15.0 Å². The second-order valence-electron chi connectivity index (χ2n) is 8.28. The Bertz CT molecular complexity index is 1030. The van der Waals surface area contributed by atoms with Gasteiger partial charge in [0.25, 0.3) is 0 Å². The monoisotopic (exact) mass is 489 g/mol. The molecule has 0 atom stereocenters. The lowest BCUT2D eigenvalue weighted by Gasteiger charge is -2.29. The van der Waals surface area contributed by atoms with Gasteiger partial charge in [0.05, 0.1) is 20.3 Å². The molecular weight excluding hydrogens is 461 g/mol. The topological polar surface area (TPSA) is 58.4 Å². The van der Waals surface area contributed by atoms with Gasteiger partial charge in [-0.15, -0.1) is 5.10 Å². The van der Waals surface area contributed by atoms with E-state index in [1.807, 2.05) is 48.0 Å². The van der Waals surface area contributed by atoms with E-state index in [9.17, 15) is 0 Å². The fourth-order valence-corrected chi connectivity index (χ4v) is 4.79. The van der Waals surface area contributed by atoms with Crippen LogP contribution in [0.15, 0.2) is 42.5 Å². The molecule has 3 aromatic rings. The molecule has 0 bridgehead atoms.